The molecule has 0 amide bonds. The molecular weight excluding hydrogens is 266 g/mol. The van der Waals surface area contributed by atoms with Crippen molar-refractivity contribution in [3.63, 3.8) is 0 Å². The number of anilines is 1. The van der Waals surface area contributed by atoms with Gasteiger partial charge in [-0.2, -0.15) is 0 Å². The first-order valence-electron chi connectivity index (χ1n) is 6.75. The van der Waals surface area contributed by atoms with Gasteiger partial charge < -0.3 is 19.7 Å². The summed E-state index contributed by atoms with van der Waals surface area (Å²) in [4.78, 5) is 2.18. The van der Waals surface area contributed by atoms with Gasteiger partial charge in [0.15, 0.2) is 11.5 Å². The van der Waals surface area contributed by atoms with Crippen LogP contribution in [0.1, 0.15) is 20.3 Å². The molecule has 6 heteroatoms. The van der Waals surface area contributed by atoms with Gasteiger partial charge in [0.2, 0.25) is 0 Å². The second-order valence-electron chi connectivity index (χ2n) is 5.88. The fraction of sp³-hybridized carbons (Fsp3) is 0.571. The van der Waals surface area contributed by atoms with Crippen LogP contribution >= 0.6 is 0 Å². The molecule has 2 heterocycles. The number of rotatable bonds is 1. The third kappa shape index (κ3) is 2.65. The van der Waals surface area contributed by atoms with Gasteiger partial charge in [-0.1, -0.05) is 0 Å². The van der Waals surface area contributed by atoms with Crippen LogP contribution in [-0.4, -0.2) is 31.5 Å². The van der Waals surface area contributed by atoms with E-state index in [-0.39, 0.29) is 17.0 Å². The van der Waals surface area contributed by atoms with Crippen molar-refractivity contribution >= 4 is 5.69 Å². The monoisotopic (exact) mass is 284 g/mol. The Hall–Kier alpha value is -1.56. The van der Waals surface area contributed by atoms with Gasteiger partial charge in [0.25, 0.3) is 0 Å². The van der Waals surface area contributed by atoms with E-state index >= 15 is 0 Å². The second-order valence-corrected chi connectivity index (χ2v) is 5.88. The minimum Gasteiger partial charge on any atom is -0.395 e. The number of fused-ring (bicyclic) bond motifs is 1. The number of nitrogens with one attached hydrogen (secondary N) is 1. The molecule has 3 rings (SSSR count). The molecule has 0 aromatic heterocycles. The largest absolute Gasteiger partial charge is 0.586 e. The first-order valence-corrected chi connectivity index (χ1v) is 6.75. The van der Waals surface area contributed by atoms with Crippen LogP contribution in [0.15, 0.2) is 18.2 Å². The van der Waals surface area contributed by atoms with E-state index < -0.39 is 6.29 Å². The van der Waals surface area contributed by atoms with Crippen LogP contribution in [-0.2, 0) is 0 Å². The fourth-order valence-electron chi connectivity index (χ4n) is 2.66. The zero-order chi connectivity index (χ0) is 14.4. The summed E-state index contributed by atoms with van der Waals surface area (Å²) in [5.74, 6) is 0.188. The molecule has 0 bridgehead atoms. The summed E-state index contributed by atoms with van der Waals surface area (Å²) in [6, 6.07) is 4.96. The highest BCUT2D eigenvalue weighted by atomic mass is 19.3. The van der Waals surface area contributed by atoms with Crippen molar-refractivity contribution in [2.45, 2.75) is 32.1 Å². The van der Waals surface area contributed by atoms with Crippen molar-refractivity contribution < 1.29 is 18.3 Å². The standard InChI is InChI=1S/C14H18F2N2O2/c1-13(2)9-18(7-3-6-17-13)10-4-5-11-12(8-10)20-14(15,16)19-11/h4-5,8,17H,3,6-7,9H2,1-2H3. The third-order valence-electron chi connectivity index (χ3n) is 3.54. The van der Waals surface area contributed by atoms with E-state index in [9.17, 15) is 8.78 Å². The van der Waals surface area contributed by atoms with Crippen molar-refractivity contribution in [2.24, 2.45) is 0 Å². The molecule has 1 saturated heterocycles. The Balaban J connectivity index is 1.85. The summed E-state index contributed by atoms with van der Waals surface area (Å²) in [6.07, 6.45) is -2.55. The van der Waals surface area contributed by atoms with Crippen LogP contribution in [0.2, 0.25) is 0 Å². The SMILES string of the molecule is CC1(C)CN(c2ccc3c(c2)OC(F)(F)O3)CCCN1. The lowest BCUT2D eigenvalue weighted by molar-refractivity contribution is -0.286. The molecule has 0 spiro atoms. The molecule has 2 aliphatic rings. The number of hydrogen-bond donors (Lipinski definition) is 1. The lowest BCUT2D eigenvalue weighted by Crippen LogP contribution is -2.46. The summed E-state index contributed by atoms with van der Waals surface area (Å²) in [6.45, 7) is 6.90. The summed E-state index contributed by atoms with van der Waals surface area (Å²) in [5, 5.41) is 3.47. The zero-order valence-electron chi connectivity index (χ0n) is 11.6. The van der Waals surface area contributed by atoms with Gasteiger partial charge in [-0.05, 0) is 38.9 Å². The smallest absolute Gasteiger partial charge is 0.395 e. The van der Waals surface area contributed by atoms with Gasteiger partial charge >= 0.3 is 6.29 Å². The summed E-state index contributed by atoms with van der Waals surface area (Å²) < 4.78 is 35.0. The molecular formula is C14H18F2N2O2. The minimum absolute atomic E-state index is 0.0171. The Morgan fingerprint density at radius 1 is 1.20 bits per heavy atom. The number of alkyl halides is 2. The Kier molecular flexibility index (Phi) is 3.01. The summed E-state index contributed by atoms with van der Waals surface area (Å²) >= 11 is 0. The molecule has 0 aliphatic carbocycles. The third-order valence-corrected chi connectivity index (χ3v) is 3.54. The van der Waals surface area contributed by atoms with Crippen molar-refractivity contribution in [2.75, 3.05) is 24.5 Å². The molecule has 1 N–H and O–H groups in total. The number of nitrogens with zero attached hydrogens (tertiary/aromatic N) is 1. The van der Waals surface area contributed by atoms with Crippen LogP contribution in [0.5, 0.6) is 11.5 Å². The lowest BCUT2D eigenvalue weighted by Gasteiger charge is -2.31. The lowest BCUT2D eigenvalue weighted by atomic mass is 10.1. The van der Waals surface area contributed by atoms with Crippen LogP contribution in [0.25, 0.3) is 0 Å². The van der Waals surface area contributed by atoms with Crippen LogP contribution in [0, 0.1) is 0 Å². The van der Waals surface area contributed by atoms with E-state index in [0.717, 1.165) is 31.7 Å². The second kappa shape index (κ2) is 4.48. The van der Waals surface area contributed by atoms with Crippen molar-refractivity contribution in [3.05, 3.63) is 18.2 Å². The molecule has 110 valence electrons. The Morgan fingerprint density at radius 2 is 1.95 bits per heavy atom. The molecule has 1 fully saturated rings. The molecule has 1 aromatic carbocycles. The molecule has 4 nitrogen and oxygen atoms in total. The van der Waals surface area contributed by atoms with Crippen LogP contribution in [0.4, 0.5) is 14.5 Å². The normalized spacial score (nSPS) is 23.5. The average Bonchev–Trinajstić information content (AvgIpc) is 2.52. The van der Waals surface area contributed by atoms with E-state index in [4.69, 9.17) is 0 Å². The quantitative estimate of drug-likeness (QED) is 0.859. The van der Waals surface area contributed by atoms with Crippen molar-refractivity contribution in [3.8, 4) is 11.5 Å². The highest BCUT2D eigenvalue weighted by molar-refractivity contribution is 5.57. The van der Waals surface area contributed by atoms with E-state index in [2.05, 4.69) is 33.5 Å². The Morgan fingerprint density at radius 3 is 2.75 bits per heavy atom. The number of hydrogen-bond acceptors (Lipinski definition) is 4. The molecule has 1 aromatic rings. The highest BCUT2D eigenvalue weighted by Gasteiger charge is 2.43. The van der Waals surface area contributed by atoms with Gasteiger partial charge in [0, 0.05) is 30.4 Å². The molecule has 0 unspecified atom stereocenters. The van der Waals surface area contributed by atoms with E-state index in [1.54, 1.807) is 12.1 Å². The molecule has 20 heavy (non-hydrogen) atoms. The predicted octanol–water partition coefficient (Wildman–Crippen LogP) is 2.59. The highest BCUT2D eigenvalue weighted by Crippen LogP contribution is 2.43. The average molecular weight is 284 g/mol. The molecule has 2 aliphatic heterocycles. The topological polar surface area (TPSA) is 33.7 Å². The summed E-state index contributed by atoms with van der Waals surface area (Å²) in [5.41, 5.74) is 0.860. The minimum atomic E-state index is -3.55. The van der Waals surface area contributed by atoms with Gasteiger partial charge in [-0.15, -0.1) is 8.78 Å². The van der Waals surface area contributed by atoms with E-state index in [1.165, 1.54) is 6.07 Å². The Bertz CT molecular complexity index is 520. The van der Waals surface area contributed by atoms with Gasteiger partial charge in [-0.3, -0.25) is 0 Å². The zero-order valence-corrected chi connectivity index (χ0v) is 11.6. The van der Waals surface area contributed by atoms with Crippen LogP contribution < -0.4 is 19.7 Å². The van der Waals surface area contributed by atoms with Crippen molar-refractivity contribution in [1.29, 1.82) is 0 Å². The van der Waals surface area contributed by atoms with Gasteiger partial charge in [0.05, 0.1) is 0 Å². The van der Waals surface area contributed by atoms with E-state index in [0.29, 0.717) is 0 Å². The van der Waals surface area contributed by atoms with Crippen LogP contribution in [0.3, 0.4) is 0 Å². The number of benzene rings is 1. The Labute approximate surface area is 116 Å². The van der Waals surface area contributed by atoms with Gasteiger partial charge in [-0.25, -0.2) is 0 Å². The van der Waals surface area contributed by atoms with E-state index in [1.807, 2.05) is 0 Å². The maximum Gasteiger partial charge on any atom is 0.586 e. The van der Waals surface area contributed by atoms with Gasteiger partial charge in [0.1, 0.15) is 0 Å². The maximum absolute atomic E-state index is 13.0. The maximum atomic E-state index is 13.0. The predicted molar refractivity (Wildman–Crippen MR) is 71.6 cm³/mol. The van der Waals surface area contributed by atoms with Crippen molar-refractivity contribution in [1.82, 2.24) is 5.32 Å². The molecule has 0 saturated carbocycles. The molecule has 0 atom stereocenters. The first-order chi connectivity index (χ1) is 9.35. The first kappa shape index (κ1) is 13.4. The summed E-state index contributed by atoms with van der Waals surface area (Å²) in [7, 11) is 0. The number of ether oxygens (including phenoxy) is 2. The number of halogens is 2. The fourth-order valence-corrected chi connectivity index (χ4v) is 2.66. The molecule has 0 radical (unpaired) electrons.